The number of benzene rings is 1. The van der Waals surface area contributed by atoms with Gasteiger partial charge < -0.3 is 4.57 Å². The highest BCUT2D eigenvalue weighted by atomic mass is 16.2. The molecule has 0 saturated heterocycles. The lowest BCUT2D eigenvalue weighted by atomic mass is 10.2. The van der Waals surface area contributed by atoms with E-state index in [-0.39, 0.29) is 11.6 Å². The maximum absolute atomic E-state index is 12.3. The van der Waals surface area contributed by atoms with Crippen LogP contribution < -0.4 is 10.9 Å². The van der Waals surface area contributed by atoms with E-state index in [1.54, 1.807) is 31.3 Å². The lowest BCUT2D eigenvalue weighted by Gasteiger charge is -2.06. The second-order valence-corrected chi connectivity index (χ2v) is 5.24. The van der Waals surface area contributed by atoms with Crippen molar-refractivity contribution in [3.63, 3.8) is 0 Å². The van der Waals surface area contributed by atoms with E-state index in [1.165, 1.54) is 0 Å². The molecular weight excluding hydrogens is 292 g/mol. The molecule has 0 spiro atoms. The molecule has 23 heavy (non-hydrogen) atoms. The smallest absolute Gasteiger partial charge is 0.288 e. The molecule has 1 aromatic carbocycles. The van der Waals surface area contributed by atoms with Gasteiger partial charge in [-0.1, -0.05) is 24.3 Å². The number of carbonyl (C=O) groups excluding carboxylic acids is 2. The van der Waals surface area contributed by atoms with Gasteiger partial charge in [0, 0.05) is 29.8 Å². The Morgan fingerprint density at radius 1 is 1.00 bits per heavy atom. The van der Waals surface area contributed by atoms with Gasteiger partial charge in [0.05, 0.1) is 5.56 Å². The predicted molar refractivity (Wildman–Crippen MR) is 86.8 cm³/mol. The van der Waals surface area contributed by atoms with Gasteiger partial charge in [0.1, 0.15) is 5.69 Å². The van der Waals surface area contributed by atoms with Crippen LogP contribution in [0, 0.1) is 6.92 Å². The fourth-order valence-electron chi connectivity index (χ4n) is 2.44. The van der Waals surface area contributed by atoms with Crippen LogP contribution >= 0.6 is 0 Å². The van der Waals surface area contributed by atoms with Gasteiger partial charge in [-0.05, 0) is 25.1 Å². The SMILES string of the molecule is Cc1cccc(C(=O)NNC(=O)c2cn(C)c3ccccc23)n1. The molecule has 3 rings (SSSR count). The molecule has 2 heterocycles. The number of nitrogens with one attached hydrogen (secondary N) is 2. The summed E-state index contributed by atoms with van der Waals surface area (Å²) in [4.78, 5) is 28.4. The fourth-order valence-corrected chi connectivity index (χ4v) is 2.44. The first kappa shape index (κ1) is 14.8. The Kier molecular flexibility index (Phi) is 3.80. The zero-order valence-electron chi connectivity index (χ0n) is 12.8. The first-order chi connectivity index (χ1) is 11.1. The van der Waals surface area contributed by atoms with Gasteiger partial charge in [-0.25, -0.2) is 4.98 Å². The number of rotatable bonds is 2. The van der Waals surface area contributed by atoms with Crippen LogP contribution in [0.15, 0.2) is 48.7 Å². The maximum atomic E-state index is 12.3. The highest BCUT2D eigenvalue weighted by molar-refractivity contribution is 6.07. The molecule has 2 amide bonds. The van der Waals surface area contributed by atoms with E-state index >= 15 is 0 Å². The number of amides is 2. The van der Waals surface area contributed by atoms with Gasteiger partial charge >= 0.3 is 0 Å². The second-order valence-electron chi connectivity index (χ2n) is 5.24. The topological polar surface area (TPSA) is 76.0 Å². The van der Waals surface area contributed by atoms with Crippen molar-refractivity contribution in [3.05, 3.63) is 65.6 Å². The number of aromatic nitrogens is 2. The fraction of sp³-hybridized carbons (Fsp3) is 0.118. The van der Waals surface area contributed by atoms with E-state index < -0.39 is 5.91 Å². The minimum Gasteiger partial charge on any atom is -0.350 e. The molecule has 2 aromatic heterocycles. The van der Waals surface area contributed by atoms with E-state index in [0.29, 0.717) is 5.56 Å². The Labute approximate surface area is 133 Å². The summed E-state index contributed by atoms with van der Waals surface area (Å²) in [6.07, 6.45) is 1.73. The van der Waals surface area contributed by atoms with E-state index in [0.717, 1.165) is 16.6 Å². The van der Waals surface area contributed by atoms with Gasteiger partial charge in [0.15, 0.2) is 0 Å². The van der Waals surface area contributed by atoms with Crippen molar-refractivity contribution in [1.29, 1.82) is 0 Å². The molecule has 0 unspecified atom stereocenters. The molecule has 0 atom stereocenters. The predicted octanol–water partition coefficient (Wildman–Crippen LogP) is 1.96. The summed E-state index contributed by atoms with van der Waals surface area (Å²) in [5.74, 6) is -0.829. The quantitative estimate of drug-likeness (QED) is 0.711. The lowest BCUT2D eigenvalue weighted by Crippen LogP contribution is -2.41. The largest absolute Gasteiger partial charge is 0.350 e. The number of pyridine rings is 1. The van der Waals surface area contributed by atoms with Crippen molar-refractivity contribution in [2.45, 2.75) is 6.92 Å². The Morgan fingerprint density at radius 3 is 2.52 bits per heavy atom. The van der Waals surface area contributed by atoms with E-state index in [2.05, 4.69) is 15.8 Å². The minimum absolute atomic E-state index is 0.253. The number of carbonyl (C=O) groups is 2. The summed E-state index contributed by atoms with van der Waals surface area (Å²) in [6.45, 7) is 1.80. The Balaban J connectivity index is 1.75. The van der Waals surface area contributed by atoms with Crippen LogP contribution in [0.1, 0.15) is 26.5 Å². The Bertz CT molecular complexity index is 898. The summed E-state index contributed by atoms with van der Waals surface area (Å²) in [6, 6.07) is 12.7. The summed E-state index contributed by atoms with van der Waals surface area (Å²) < 4.78 is 1.87. The van der Waals surface area contributed by atoms with Crippen molar-refractivity contribution in [1.82, 2.24) is 20.4 Å². The molecule has 6 nitrogen and oxygen atoms in total. The summed E-state index contributed by atoms with van der Waals surface area (Å²) in [7, 11) is 1.87. The molecule has 6 heteroatoms. The third-order valence-electron chi connectivity index (χ3n) is 3.55. The van der Waals surface area contributed by atoms with E-state index in [4.69, 9.17) is 0 Å². The van der Waals surface area contributed by atoms with Crippen molar-refractivity contribution < 1.29 is 9.59 Å². The average molecular weight is 308 g/mol. The van der Waals surface area contributed by atoms with Crippen LogP contribution in [0.2, 0.25) is 0 Å². The van der Waals surface area contributed by atoms with Crippen molar-refractivity contribution in [2.75, 3.05) is 0 Å². The van der Waals surface area contributed by atoms with Crippen LogP contribution in [-0.2, 0) is 7.05 Å². The lowest BCUT2D eigenvalue weighted by molar-refractivity contribution is 0.0844. The first-order valence-corrected chi connectivity index (χ1v) is 7.14. The number of aryl methyl sites for hydroxylation is 2. The molecule has 0 aliphatic rings. The Hall–Kier alpha value is -3.15. The highest BCUT2D eigenvalue weighted by Crippen LogP contribution is 2.19. The van der Waals surface area contributed by atoms with Crippen LogP contribution in [0.5, 0.6) is 0 Å². The van der Waals surface area contributed by atoms with Crippen LogP contribution in [0.4, 0.5) is 0 Å². The van der Waals surface area contributed by atoms with E-state index in [1.807, 2.05) is 35.9 Å². The summed E-state index contributed by atoms with van der Waals surface area (Å²) in [5, 5.41) is 0.829. The number of fused-ring (bicyclic) bond motifs is 1. The minimum atomic E-state index is -0.456. The number of hydrazine groups is 1. The van der Waals surface area contributed by atoms with Gasteiger partial charge in [-0.15, -0.1) is 0 Å². The molecule has 0 aliphatic heterocycles. The normalized spacial score (nSPS) is 10.5. The first-order valence-electron chi connectivity index (χ1n) is 7.14. The summed E-state index contributed by atoms with van der Waals surface area (Å²) >= 11 is 0. The standard InChI is InChI=1S/C17H16N4O2/c1-11-6-5-8-14(18-11)17(23)20-19-16(22)13-10-21(2)15-9-4-3-7-12(13)15/h3-10H,1-2H3,(H,19,22)(H,20,23). The van der Waals surface area contributed by atoms with Crippen molar-refractivity contribution >= 4 is 22.7 Å². The highest BCUT2D eigenvalue weighted by Gasteiger charge is 2.15. The molecule has 0 fully saturated rings. The molecule has 2 N–H and O–H groups in total. The Morgan fingerprint density at radius 2 is 1.74 bits per heavy atom. The van der Waals surface area contributed by atoms with Gasteiger partial charge in [0.25, 0.3) is 11.8 Å². The van der Waals surface area contributed by atoms with Crippen molar-refractivity contribution in [2.24, 2.45) is 7.05 Å². The van der Waals surface area contributed by atoms with Gasteiger partial charge in [-0.2, -0.15) is 0 Å². The zero-order valence-corrected chi connectivity index (χ0v) is 12.8. The third-order valence-corrected chi connectivity index (χ3v) is 3.55. The van der Waals surface area contributed by atoms with Crippen molar-refractivity contribution in [3.8, 4) is 0 Å². The van der Waals surface area contributed by atoms with E-state index in [9.17, 15) is 9.59 Å². The molecule has 0 saturated carbocycles. The monoisotopic (exact) mass is 308 g/mol. The zero-order chi connectivity index (χ0) is 16.4. The number of hydrogen-bond acceptors (Lipinski definition) is 3. The summed E-state index contributed by atoms with van der Waals surface area (Å²) in [5.41, 5.74) is 7.25. The molecule has 0 aliphatic carbocycles. The molecule has 3 aromatic rings. The van der Waals surface area contributed by atoms with Crippen LogP contribution in [0.25, 0.3) is 10.9 Å². The average Bonchev–Trinajstić information content (AvgIpc) is 2.90. The molecule has 116 valence electrons. The van der Waals surface area contributed by atoms with Crippen LogP contribution in [-0.4, -0.2) is 21.4 Å². The maximum Gasteiger partial charge on any atom is 0.288 e. The number of hydrogen-bond donors (Lipinski definition) is 2. The van der Waals surface area contributed by atoms with Crippen LogP contribution in [0.3, 0.4) is 0 Å². The molecule has 0 bridgehead atoms. The van der Waals surface area contributed by atoms with Gasteiger partial charge in [0.2, 0.25) is 0 Å². The second kappa shape index (κ2) is 5.92. The molecule has 0 radical (unpaired) electrons. The van der Waals surface area contributed by atoms with Gasteiger partial charge in [-0.3, -0.25) is 20.4 Å². The number of para-hydroxylation sites is 1. The third kappa shape index (κ3) is 2.91. The molecular formula is C17H16N4O2. The number of nitrogens with zero attached hydrogens (tertiary/aromatic N) is 2.